The van der Waals surface area contributed by atoms with Gasteiger partial charge in [0, 0.05) is 11.8 Å². The normalized spacial score (nSPS) is 21.8. The lowest BCUT2D eigenvalue weighted by atomic mass is 9.80. The molecule has 0 heterocycles. The molecule has 1 rings (SSSR count). The molecule has 0 spiro atoms. The van der Waals surface area contributed by atoms with Crippen molar-refractivity contribution in [2.45, 2.75) is 65.5 Å². The summed E-state index contributed by atoms with van der Waals surface area (Å²) in [7, 11) is 0. The molecule has 0 unspecified atom stereocenters. The molecule has 8 nitrogen and oxygen atoms in total. The number of rotatable bonds is 8. The molecule has 2 amide bonds. The maximum atomic E-state index is 12.4. The highest BCUT2D eigenvalue weighted by molar-refractivity contribution is 5.88. The number of carbonyl (C=O) groups excluding carboxylic acids is 4. The van der Waals surface area contributed by atoms with Gasteiger partial charge >= 0.3 is 11.9 Å². The summed E-state index contributed by atoms with van der Waals surface area (Å²) in [6, 6.07) is -1.44. The van der Waals surface area contributed by atoms with E-state index in [-0.39, 0.29) is 36.9 Å². The summed E-state index contributed by atoms with van der Waals surface area (Å²) in [6.45, 7) is 7.06. The van der Waals surface area contributed by atoms with Crippen molar-refractivity contribution < 1.29 is 28.7 Å². The molecule has 1 fully saturated rings. The fourth-order valence-corrected chi connectivity index (χ4v) is 2.98. The minimum absolute atomic E-state index is 0.249. The smallest absolute Gasteiger partial charge is 0.328 e. The number of nitrogens with one attached hydrogen (secondary N) is 2. The van der Waals surface area contributed by atoms with E-state index >= 15 is 0 Å². The summed E-state index contributed by atoms with van der Waals surface area (Å²) in [6.07, 6.45) is 2.46. The van der Waals surface area contributed by atoms with E-state index in [9.17, 15) is 19.2 Å². The van der Waals surface area contributed by atoms with E-state index in [4.69, 9.17) is 9.47 Å². The van der Waals surface area contributed by atoms with Crippen LogP contribution in [0.3, 0.4) is 0 Å². The predicted octanol–water partition coefficient (Wildman–Crippen LogP) is 0.928. The Kier molecular flexibility index (Phi) is 9.09. The van der Waals surface area contributed by atoms with Gasteiger partial charge in [0.2, 0.25) is 11.8 Å². The fourth-order valence-electron chi connectivity index (χ4n) is 2.98. The lowest BCUT2D eigenvalue weighted by Gasteiger charge is -2.29. The van der Waals surface area contributed by atoms with Crippen molar-refractivity contribution in [1.82, 2.24) is 10.6 Å². The van der Waals surface area contributed by atoms with Gasteiger partial charge < -0.3 is 20.1 Å². The van der Waals surface area contributed by atoms with Crippen LogP contribution in [0.15, 0.2) is 0 Å². The number of hydrogen-bond donors (Lipinski definition) is 2. The van der Waals surface area contributed by atoms with Crippen LogP contribution in [0.2, 0.25) is 0 Å². The summed E-state index contributed by atoms with van der Waals surface area (Å²) in [4.78, 5) is 48.0. The molecule has 1 saturated carbocycles. The Hall–Kier alpha value is -2.12. The number of amides is 2. The average molecular weight is 370 g/mol. The van der Waals surface area contributed by atoms with Crippen LogP contribution in [0.1, 0.15) is 53.4 Å². The Morgan fingerprint density at radius 3 is 1.58 bits per heavy atom. The van der Waals surface area contributed by atoms with E-state index in [2.05, 4.69) is 10.6 Å². The lowest BCUT2D eigenvalue weighted by molar-refractivity contribution is -0.148. The maximum absolute atomic E-state index is 12.4. The first-order valence-corrected chi connectivity index (χ1v) is 9.24. The number of esters is 2. The van der Waals surface area contributed by atoms with E-state index < -0.39 is 24.0 Å². The van der Waals surface area contributed by atoms with Gasteiger partial charge in [0.25, 0.3) is 0 Å². The zero-order valence-electron chi connectivity index (χ0n) is 16.0. The Bertz CT molecular complexity index is 478. The quantitative estimate of drug-likeness (QED) is 0.615. The Balaban J connectivity index is 2.54. The van der Waals surface area contributed by atoms with Gasteiger partial charge in [0.1, 0.15) is 12.1 Å². The third-order valence-electron chi connectivity index (χ3n) is 4.41. The van der Waals surface area contributed by atoms with Crippen LogP contribution in [0.25, 0.3) is 0 Å². The third-order valence-corrected chi connectivity index (χ3v) is 4.41. The van der Waals surface area contributed by atoms with Gasteiger partial charge in [-0.25, -0.2) is 9.59 Å². The summed E-state index contributed by atoms with van der Waals surface area (Å²) >= 11 is 0. The van der Waals surface area contributed by atoms with Gasteiger partial charge in [-0.2, -0.15) is 0 Å². The highest BCUT2D eigenvalue weighted by atomic mass is 16.5. The molecular weight excluding hydrogens is 340 g/mol. The molecule has 1 aliphatic carbocycles. The molecule has 148 valence electrons. The first kappa shape index (κ1) is 21.9. The molecule has 1 aliphatic rings. The summed E-state index contributed by atoms with van der Waals surface area (Å²) in [5.41, 5.74) is 0. The Labute approximate surface area is 154 Å². The average Bonchev–Trinajstić information content (AvgIpc) is 2.61. The number of ether oxygens (including phenoxy) is 2. The topological polar surface area (TPSA) is 111 Å². The third kappa shape index (κ3) is 6.65. The van der Waals surface area contributed by atoms with Gasteiger partial charge in [-0.1, -0.05) is 6.42 Å². The highest BCUT2D eigenvalue weighted by Gasteiger charge is 2.33. The summed E-state index contributed by atoms with van der Waals surface area (Å²) in [5.74, 6) is -2.13. The molecule has 0 bridgehead atoms. The Morgan fingerprint density at radius 2 is 1.23 bits per heavy atom. The van der Waals surface area contributed by atoms with Crippen molar-refractivity contribution in [3.8, 4) is 0 Å². The molecule has 0 aromatic rings. The van der Waals surface area contributed by atoms with Crippen LogP contribution in [0.5, 0.6) is 0 Å². The SMILES string of the molecule is CCOC(=O)[C@H](C)NC(=O)[C@@H]1CCC[C@@H](C(=O)N[C@@H](C)C(=O)OCC)C1. The minimum atomic E-state index is -0.722. The molecular formula is C18H30N2O6. The van der Waals surface area contributed by atoms with E-state index in [1.165, 1.54) is 0 Å². The lowest BCUT2D eigenvalue weighted by Crippen LogP contribution is -2.46. The van der Waals surface area contributed by atoms with Crippen LogP contribution < -0.4 is 10.6 Å². The molecule has 0 radical (unpaired) electrons. The monoisotopic (exact) mass is 370 g/mol. The molecule has 0 aliphatic heterocycles. The largest absolute Gasteiger partial charge is 0.464 e. The number of hydrogen-bond acceptors (Lipinski definition) is 6. The van der Waals surface area contributed by atoms with Crippen molar-refractivity contribution >= 4 is 23.8 Å². The molecule has 8 heteroatoms. The molecule has 26 heavy (non-hydrogen) atoms. The van der Waals surface area contributed by atoms with Crippen LogP contribution >= 0.6 is 0 Å². The van der Waals surface area contributed by atoms with Crippen molar-refractivity contribution in [3.05, 3.63) is 0 Å². The van der Waals surface area contributed by atoms with E-state index in [1.54, 1.807) is 27.7 Å². The van der Waals surface area contributed by atoms with Crippen LogP contribution in [0.4, 0.5) is 0 Å². The second-order valence-electron chi connectivity index (χ2n) is 6.53. The van der Waals surface area contributed by atoms with E-state index in [1.807, 2.05) is 0 Å². The minimum Gasteiger partial charge on any atom is -0.464 e. The first-order valence-electron chi connectivity index (χ1n) is 9.24. The summed E-state index contributed by atoms with van der Waals surface area (Å²) < 4.78 is 9.75. The van der Waals surface area contributed by atoms with Crippen LogP contribution in [0, 0.1) is 11.8 Å². The van der Waals surface area contributed by atoms with E-state index in [0.717, 1.165) is 6.42 Å². The molecule has 2 N–H and O–H groups in total. The van der Waals surface area contributed by atoms with E-state index in [0.29, 0.717) is 19.3 Å². The van der Waals surface area contributed by atoms with Gasteiger partial charge in [-0.05, 0) is 47.0 Å². The number of carbonyl (C=O) groups is 4. The zero-order chi connectivity index (χ0) is 19.7. The van der Waals surface area contributed by atoms with Crippen LogP contribution in [-0.2, 0) is 28.7 Å². The molecule has 0 aromatic heterocycles. The van der Waals surface area contributed by atoms with Crippen molar-refractivity contribution in [1.29, 1.82) is 0 Å². The Morgan fingerprint density at radius 1 is 0.846 bits per heavy atom. The fraction of sp³-hybridized carbons (Fsp3) is 0.778. The van der Waals surface area contributed by atoms with Crippen molar-refractivity contribution in [3.63, 3.8) is 0 Å². The molecule has 0 saturated heterocycles. The highest BCUT2D eigenvalue weighted by Crippen LogP contribution is 2.29. The van der Waals surface area contributed by atoms with Gasteiger partial charge in [-0.3, -0.25) is 9.59 Å². The van der Waals surface area contributed by atoms with Crippen LogP contribution in [-0.4, -0.2) is 49.1 Å². The van der Waals surface area contributed by atoms with Gasteiger partial charge in [0.15, 0.2) is 0 Å². The van der Waals surface area contributed by atoms with Gasteiger partial charge in [-0.15, -0.1) is 0 Å². The maximum Gasteiger partial charge on any atom is 0.328 e. The standard InChI is InChI=1S/C18H30N2O6/c1-5-25-17(23)11(3)19-15(21)13-8-7-9-14(10-13)16(22)20-12(4)18(24)26-6-2/h11-14H,5-10H2,1-4H3,(H,19,21)(H,20,22)/t11-,12-,13+,14+/m0/s1. The summed E-state index contributed by atoms with van der Waals surface area (Å²) in [5, 5.41) is 5.30. The second-order valence-corrected chi connectivity index (χ2v) is 6.53. The van der Waals surface area contributed by atoms with Crippen molar-refractivity contribution in [2.75, 3.05) is 13.2 Å². The van der Waals surface area contributed by atoms with Crippen molar-refractivity contribution in [2.24, 2.45) is 11.8 Å². The molecule has 4 atom stereocenters. The first-order chi connectivity index (χ1) is 12.3. The molecule has 0 aromatic carbocycles. The predicted molar refractivity (Wildman–Crippen MR) is 93.9 cm³/mol. The second kappa shape index (κ2) is 10.8. The van der Waals surface area contributed by atoms with Gasteiger partial charge in [0.05, 0.1) is 13.2 Å². The zero-order valence-corrected chi connectivity index (χ0v) is 16.0.